The van der Waals surface area contributed by atoms with E-state index in [-0.39, 0.29) is 24.2 Å². The highest BCUT2D eigenvalue weighted by atomic mass is 32.2. The molecule has 2 aliphatic rings. The van der Waals surface area contributed by atoms with Gasteiger partial charge in [0, 0.05) is 13.3 Å². The number of nitrogens with zero attached hydrogens (tertiary/aromatic N) is 1. The Hall–Kier alpha value is -2.48. The molecule has 3 heterocycles. The molecule has 7 heteroatoms. The second-order valence-corrected chi connectivity index (χ2v) is 9.81. The zero-order chi connectivity index (χ0) is 21.1. The molecule has 1 N–H and O–H groups in total. The zero-order valence-electron chi connectivity index (χ0n) is 16.8. The molecule has 0 spiro atoms. The van der Waals surface area contributed by atoms with Gasteiger partial charge in [0.2, 0.25) is 0 Å². The van der Waals surface area contributed by atoms with Gasteiger partial charge in [0.05, 0.1) is 30.8 Å². The van der Waals surface area contributed by atoms with E-state index >= 15 is 0 Å². The molecule has 1 aromatic carbocycles. The van der Waals surface area contributed by atoms with Crippen molar-refractivity contribution in [2.45, 2.75) is 24.2 Å². The molecular weight excluding hydrogens is 402 g/mol. The van der Waals surface area contributed by atoms with Gasteiger partial charge in [0.15, 0.2) is 9.84 Å². The summed E-state index contributed by atoms with van der Waals surface area (Å²) in [6, 6.07) is 12.8. The van der Waals surface area contributed by atoms with Gasteiger partial charge < -0.3 is 14.6 Å². The quantitative estimate of drug-likeness (QED) is 0.683. The molecule has 6 nitrogen and oxygen atoms in total. The van der Waals surface area contributed by atoms with E-state index in [4.69, 9.17) is 9.47 Å². The van der Waals surface area contributed by atoms with Crippen molar-refractivity contribution in [1.82, 2.24) is 4.98 Å². The van der Waals surface area contributed by atoms with Gasteiger partial charge in [-0.15, -0.1) is 0 Å². The molecule has 0 saturated carbocycles. The van der Waals surface area contributed by atoms with Crippen LogP contribution < -0.4 is 0 Å². The molecule has 0 bridgehead atoms. The first kappa shape index (κ1) is 20.8. The monoisotopic (exact) mass is 427 g/mol. The van der Waals surface area contributed by atoms with Crippen LogP contribution in [-0.2, 0) is 19.3 Å². The largest absolute Gasteiger partial charge is 0.508 e. The van der Waals surface area contributed by atoms with Gasteiger partial charge in [-0.25, -0.2) is 8.42 Å². The highest BCUT2D eigenvalue weighted by Crippen LogP contribution is 2.39. The van der Waals surface area contributed by atoms with Crippen LogP contribution in [0.3, 0.4) is 0 Å². The van der Waals surface area contributed by atoms with E-state index in [2.05, 4.69) is 4.98 Å². The second kappa shape index (κ2) is 8.71. The number of phenolic OH excluding ortho intramolecular Hbond substituents is 1. The van der Waals surface area contributed by atoms with Crippen molar-refractivity contribution in [3.05, 3.63) is 71.1 Å². The topological polar surface area (TPSA) is 85.7 Å². The van der Waals surface area contributed by atoms with Crippen LogP contribution in [0.15, 0.2) is 59.8 Å². The van der Waals surface area contributed by atoms with E-state index in [1.165, 1.54) is 0 Å². The highest BCUT2D eigenvalue weighted by Gasteiger charge is 2.46. The molecule has 0 amide bonds. The predicted octanol–water partition coefficient (Wildman–Crippen LogP) is 3.25. The van der Waals surface area contributed by atoms with E-state index in [0.29, 0.717) is 19.4 Å². The van der Waals surface area contributed by atoms with Crippen molar-refractivity contribution < 1.29 is 23.0 Å². The van der Waals surface area contributed by atoms with Gasteiger partial charge in [-0.3, -0.25) is 4.98 Å². The maximum absolute atomic E-state index is 12.5. The lowest BCUT2D eigenvalue weighted by atomic mass is 9.95. The van der Waals surface area contributed by atoms with Gasteiger partial charge >= 0.3 is 0 Å². The fourth-order valence-corrected chi connectivity index (χ4v) is 6.12. The number of sulfone groups is 1. The Morgan fingerprint density at radius 2 is 2.07 bits per heavy atom. The second-order valence-electron chi connectivity index (χ2n) is 7.62. The molecule has 158 valence electrons. The molecule has 2 aliphatic heterocycles. The molecule has 0 radical (unpaired) electrons. The standard InChI is InChI=1S/C23H25NO5S/c1-28-13-18-15-30(26,27)22-14-29-21(23(18)22)10-7-17(20-4-2-3-11-24-20)12-16-5-8-19(25)9-6-16/h2-6,8-9,11-12,21-22,25H,7,10,13-15H2,1H3/b17-12-/t21-,22+/m1/s1. The number of aromatic nitrogens is 1. The van der Waals surface area contributed by atoms with Crippen molar-refractivity contribution in [3.8, 4) is 5.75 Å². The third kappa shape index (κ3) is 4.33. The number of benzene rings is 1. The highest BCUT2D eigenvalue weighted by molar-refractivity contribution is 7.92. The third-order valence-corrected chi connectivity index (χ3v) is 7.59. The molecule has 4 rings (SSSR count). The van der Waals surface area contributed by atoms with Gasteiger partial charge in [0.25, 0.3) is 0 Å². The summed E-state index contributed by atoms with van der Waals surface area (Å²) in [6.07, 6.45) is 4.91. The minimum absolute atomic E-state index is 0.0666. The summed E-state index contributed by atoms with van der Waals surface area (Å²) >= 11 is 0. The summed E-state index contributed by atoms with van der Waals surface area (Å²) in [5, 5.41) is 9.00. The summed E-state index contributed by atoms with van der Waals surface area (Å²) in [5.41, 5.74) is 4.59. The number of methoxy groups -OCH3 is 1. The van der Waals surface area contributed by atoms with Crippen molar-refractivity contribution >= 4 is 21.5 Å². The lowest BCUT2D eigenvalue weighted by Gasteiger charge is -2.15. The van der Waals surface area contributed by atoms with Crippen molar-refractivity contribution in [1.29, 1.82) is 0 Å². The number of ether oxygens (including phenoxy) is 2. The summed E-state index contributed by atoms with van der Waals surface area (Å²) in [6.45, 7) is 0.539. The van der Waals surface area contributed by atoms with Gasteiger partial charge in [0.1, 0.15) is 11.0 Å². The number of hydrogen-bond donors (Lipinski definition) is 1. The fourth-order valence-electron chi connectivity index (χ4n) is 4.19. The Morgan fingerprint density at radius 1 is 1.27 bits per heavy atom. The summed E-state index contributed by atoms with van der Waals surface area (Å²) in [4.78, 5) is 4.49. The molecule has 1 fully saturated rings. The SMILES string of the molecule is COCC1=C2[C@@H](CC/C(=C/c3ccc(O)cc3)c3ccccn3)OC[C@@H]2S(=O)(=O)C1. The number of rotatable bonds is 7. The van der Waals surface area contributed by atoms with E-state index < -0.39 is 15.1 Å². The maximum Gasteiger partial charge on any atom is 0.163 e. The minimum atomic E-state index is -3.20. The predicted molar refractivity (Wildman–Crippen MR) is 116 cm³/mol. The number of fused-ring (bicyclic) bond motifs is 1. The Morgan fingerprint density at radius 3 is 2.77 bits per heavy atom. The molecule has 2 aromatic rings. The lowest BCUT2D eigenvalue weighted by molar-refractivity contribution is 0.118. The van der Waals surface area contributed by atoms with Crippen molar-refractivity contribution in [2.75, 3.05) is 26.1 Å². The number of aromatic hydroxyl groups is 1. The zero-order valence-corrected chi connectivity index (χ0v) is 17.6. The van der Waals surface area contributed by atoms with Crippen LogP contribution in [0.2, 0.25) is 0 Å². The molecule has 0 aliphatic carbocycles. The Balaban J connectivity index is 1.59. The molecule has 30 heavy (non-hydrogen) atoms. The summed E-state index contributed by atoms with van der Waals surface area (Å²) in [7, 11) is -1.62. The van der Waals surface area contributed by atoms with Crippen LogP contribution in [0.1, 0.15) is 24.1 Å². The molecule has 1 saturated heterocycles. The number of pyridine rings is 1. The molecular formula is C23H25NO5S. The van der Waals surface area contributed by atoms with Crippen molar-refractivity contribution in [2.24, 2.45) is 0 Å². The van der Waals surface area contributed by atoms with E-state index in [1.54, 1.807) is 25.4 Å². The molecule has 1 aromatic heterocycles. The Kier molecular flexibility index (Phi) is 6.04. The average Bonchev–Trinajstić information content (AvgIpc) is 3.27. The minimum Gasteiger partial charge on any atom is -0.508 e. The van der Waals surface area contributed by atoms with E-state index in [9.17, 15) is 13.5 Å². The summed E-state index contributed by atoms with van der Waals surface area (Å²) < 4.78 is 36.1. The molecule has 0 unspecified atom stereocenters. The fraction of sp³-hybridized carbons (Fsp3) is 0.348. The maximum atomic E-state index is 12.5. The normalized spacial score (nSPS) is 23.0. The van der Waals surface area contributed by atoms with E-state index in [0.717, 1.165) is 28.0 Å². The third-order valence-electron chi connectivity index (χ3n) is 5.58. The smallest absolute Gasteiger partial charge is 0.163 e. The summed E-state index contributed by atoms with van der Waals surface area (Å²) in [5.74, 6) is 0.286. The Bertz CT molecular complexity index is 1060. The number of phenols is 1. The van der Waals surface area contributed by atoms with Crippen LogP contribution in [0, 0.1) is 0 Å². The van der Waals surface area contributed by atoms with Gasteiger partial charge in [-0.1, -0.05) is 18.2 Å². The van der Waals surface area contributed by atoms with Crippen LogP contribution >= 0.6 is 0 Å². The van der Waals surface area contributed by atoms with Crippen LogP contribution in [0.4, 0.5) is 0 Å². The van der Waals surface area contributed by atoms with Crippen LogP contribution in [0.25, 0.3) is 11.6 Å². The number of hydrogen-bond acceptors (Lipinski definition) is 6. The van der Waals surface area contributed by atoms with Crippen LogP contribution in [-0.4, -0.2) is 55.9 Å². The van der Waals surface area contributed by atoms with Gasteiger partial charge in [-0.05, 0) is 65.5 Å². The first-order chi connectivity index (χ1) is 14.5. The van der Waals surface area contributed by atoms with Gasteiger partial charge in [-0.2, -0.15) is 0 Å². The molecule has 2 atom stereocenters. The number of allylic oxidation sites excluding steroid dienone is 1. The van der Waals surface area contributed by atoms with E-state index in [1.807, 2.05) is 36.4 Å². The first-order valence-electron chi connectivity index (χ1n) is 9.93. The Labute approximate surface area is 176 Å². The first-order valence-corrected chi connectivity index (χ1v) is 11.6. The lowest BCUT2D eigenvalue weighted by Crippen LogP contribution is -2.19. The van der Waals surface area contributed by atoms with Crippen molar-refractivity contribution in [3.63, 3.8) is 0 Å². The van der Waals surface area contributed by atoms with Crippen LogP contribution in [0.5, 0.6) is 5.75 Å². The average molecular weight is 428 g/mol.